The molecule has 0 aliphatic carbocycles. The Morgan fingerprint density at radius 3 is 1.59 bits per heavy atom. The van der Waals surface area contributed by atoms with Crippen molar-refractivity contribution in [2.45, 2.75) is 102 Å². The van der Waals surface area contributed by atoms with Crippen molar-refractivity contribution in [3.05, 3.63) is 12.3 Å². The van der Waals surface area contributed by atoms with E-state index in [-0.39, 0.29) is 59.1 Å². The van der Waals surface area contributed by atoms with E-state index in [1.807, 2.05) is 0 Å². The number of unbranched alkanes of at least 4 members (excludes halogenated alkanes) is 13. The summed E-state index contributed by atoms with van der Waals surface area (Å²) in [5, 5.41) is 8.98. The monoisotopic (exact) mass is 472 g/mol. The van der Waals surface area contributed by atoms with Crippen LogP contribution in [0, 0.1) is 0 Å². The van der Waals surface area contributed by atoms with Gasteiger partial charge in [0.15, 0.2) is 13.2 Å². The van der Waals surface area contributed by atoms with Gasteiger partial charge in [-0.05, 0) is 18.9 Å². The Bertz CT molecular complexity index is 487. The van der Waals surface area contributed by atoms with Gasteiger partial charge in [0.25, 0.3) is 0 Å². The molecule has 162 valence electrons. The maximum atomic E-state index is 11.3. The summed E-state index contributed by atoms with van der Waals surface area (Å²) in [6, 6.07) is 0. The number of aliphatic hydroxyl groups excluding tert-OH is 1. The summed E-state index contributed by atoms with van der Waals surface area (Å²) >= 11 is 0. The van der Waals surface area contributed by atoms with Crippen LogP contribution in [0.15, 0.2) is 12.3 Å². The van der Waals surface area contributed by atoms with Crippen LogP contribution in [0.1, 0.15) is 96.8 Å². The largest absolute Gasteiger partial charge is 1.00 e. The van der Waals surface area contributed by atoms with Gasteiger partial charge in [0.1, 0.15) is 0 Å². The van der Waals surface area contributed by atoms with Crippen LogP contribution in [0.3, 0.4) is 0 Å². The standard InChI is InChI=1S/C18H38O7P2.2Na/c1-2-3-4-5-6-7-8-9-10-11-12-13-14-15-16-17-25-27(23,24)18(19)26(20,21)22;;/h16-19H,2-15H2,1H3,(H,23,24)(H2,20,21,22);;/q;2*+1/p-2. The molecule has 0 aromatic rings. The first-order valence-corrected chi connectivity index (χ1v) is 13.3. The summed E-state index contributed by atoms with van der Waals surface area (Å²) in [6.45, 7) is 2.23. The number of hydrogen-bond acceptors (Lipinski definition) is 6. The minimum atomic E-state index is -5.40. The molecule has 0 aliphatic rings. The first-order valence-electron chi connectivity index (χ1n) is 10.1. The zero-order valence-corrected chi connectivity index (χ0v) is 24.3. The second-order valence-corrected chi connectivity index (χ2v) is 10.8. The van der Waals surface area contributed by atoms with Crippen LogP contribution in [0.25, 0.3) is 0 Å². The van der Waals surface area contributed by atoms with E-state index in [4.69, 9.17) is 10.00 Å². The van der Waals surface area contributed by atoms with Crippen LogP contribution in [0.2, 0.25) is 0 Å². The smallest absolute Gasteiger partial charge is 0.776 e. The first-order chi connectivity index (χ1) is 12.7. The zero-order chi connectivity index (χ0) is 20.6. The second-order valence-electron chi connectivity index (χ2n) is 6.96. The summed E-state index contributed by atoms with van der Waals surface area (Å²) in [6.07, 6.45) is 19.1. The molecule has 0 rings (SSSR count). The maximum absolute atomic E-state index is 11.3. The van der Waals surface area contributed by atoms with E-state index in [9.17, 15) is 18.9 Å². The molecule has 0 amide bonds. The van der Waals surface area contributed by atoms with E-state index in [1.54, 1.807) is 0 Å². The first kappa shape index (κ1) is 35.4. The van der Waals surface area contributed by atoms with Gasteiger partial charge in [-0.3, -0.25) is 4.57 Å². The minimum absolute atomic E-state index is 0. The molecular formula is C18H36Na2O7P2. The molecule has 0 spiro atoms. The summed E-state index contributed by atoms with van der Waals surface area (Å²) in [4.78, 5) is 30.4. The molecule has 7 nitrogen and oxygen atoms in total. The molecule has 3 atom stereocenters. The topological polar surface area (TPSA) is 130 Å². The van der Waals surface area contributed by atoms with Crippen LogP contribution in [-0.2, 0) is 13.7 Å². The van der Waals surface area contributed by atoms with E-state index in [1.165, 1.54) is 70.3 Å². The number of rotatable bonds is 18. The molecule has 0 fully saturated rings. The molecule has 0 radical (unpaired) electrons. The van der Waals surface area contributed by atoms with E-state index in [0.717, 1.165) is 25.5 Å². The Morgan fingerprint density at radius 1 is 0.828 bits per heavy atom. The Balaban J connectivity index is -0.00000338. The molecule has 0 saturated heterocycles. The van der Waals surface area contributed by atoms with Crippen LogP contribution in [0.5, 0.6) is 0 Å². The van der Waals surface area contributed by atoms with Gasteiger partial charge in [-0.2, -0.15) is 0 Å². The van der Waals surface area contributed by atoms with Crippen molar-refractivity contribution in [2.75, 3.05) is 0 Å². The number of allylic oxidation sites excluding steroid dienone is 1. The molecule has 29 heavy (non-hydrogen) atoms. The summed E-state index contributed by atoms with van der Waals surface area (Å²) in [7, 11) is -10.5. The molecule has 0 aromatic carbocycles. The summed E-state index contributed by atoms with van der Waals surface area (Å²) in [5.41, 5.74) is -2.94. The molecule has 3 unspecified atom stereocenters. The predicted octanol–water partition coefficient (Wildman–Crippen LogP) is -1.62. The molecule has 0 aliphatic heterocycles. The number of aliphatic hydroxyl groups is 1. The zero-order valence-electron chi connectivity index (χ0n) is 18.5. The third-order valence-corrected chi connectivity index (χ3v) is 7.64. The molecule has 2 N–H and O–H groups in total. The van der Waals surface area contributed by atoms with Crippen molar-refractivity contribution < 1.29 is 92.6 Å². The van der Waals surface area contributed by atoms with Crippen LogP contribution in [-0.4, -0.2) is 15.6 Å². The van der Waals surface area contributed by atoms with Crippen LogP contribution in [0.4, 0.5) is 0 Å². The maximum Gasteiger partial charge on any atom is 1.00 e. The molecule has 0 bridgehead atoms. The Kier molecular flexibility index (Phi) is 26.5. The van der Waals surface area contributed by atoms with Gasteiger partial charge in [-0.15, -0.1) is 0 Å². The second kappa shape index (κ2) is 21.7. The van der Waals surface area contributed by atoms with Crippen molar-refractivity contribution in [3.8, 4) is 0 Å². The van der Waals surface area contributed by atoms with Crippen molar-refractivity contribution in [1.82, 2.24) is 0 Å². The van der Waals surface area contributed by atoms with Crippen molar-refractivity contribution in [2.24, 2.45) is 0 Å². The molecular weight excluding hydrogens is 436 g/mol. The van der Waals surface area contributed by atoms with Crippen molar-refractivity contribution >= 4 is 15.2 Å². The fourth-order valence-corrected chi connectivity index (χ4v) is 4.67. The van der Waals surface area contributed by atoms with Gasteiger partial charge < -0.3 is 28.9 Å². The van der Waals surface area contributed by atoms with E-state index in [2.05, 4.69) is 11.4 Å². The summed E-state index contributed by atoms with van der Waals surface area (Å²) < 4.78 is 26.2. The van der Waals surface area contributed by atoms with Crippen molar-refractivity contribution in [3.63, 3.8) is 0 Å². The van der Waals surface area contributed by atoms with Gasteiger partial charge in [0, 0.05) is 0 Å². The van der Waals surface area contributed by atoms with Crippen LogP contribution >= 0.6 is 15.2 Å². The molecule has 0 heterocycles. The molecule has 11 heteroatoms. The molecule has 0 saturated carbocycles. The fraction of sp³-hybridized carbons (Fsp3) is 0.889. The van der Waals surface area contributed by atoms with E-state index >= 15 is 0 Å². The quantitative estimate of drug-likeness (QED) is 0.106. The van der Waals surface area contributed by atoms with Gasteiger partial charge in [-0.1, -0.05) is 84.0 Å². The van der Waals surface area contributed by atoms with Crippen LogP contribution < -0.4 is 68.9 Å². The number of hydrogen-bond donors (Lipinski definition) is 2. The van der Waals surface area contributed by atoms with E-state index in [0.29, 0.717) is 6.42 Å². The third-order valence-electron chi connectivity index (χ3n) is 4.35. The SMILES string of the molecule is CCCCCCCCCCCCCCCC=COP(=O)([O-])C(O)P(=O)([O-])O.[Na+].[Na+]. The van der Waals surface area contributed by atoms with Gasteiger partial charge in [0.2, 0.25) is 7.60 Å². The Morgan fingerprint density at radius 2 is 1.21 bits per heavy atom. The normalized spacial score (nSPS) is 16.3. The minimum Gasteiger partial charge on any atom is -0.776 e. The summed E-state index contributed by atoms with van der Waals surface area (Å²) in [5.74, 6) is 0. The Hall–Kier alpha value is 1.84. The Labute approximate surface area is 220 Å². The van der Waals surface area contributed by atoms with Gasteiger partial charge >= 0.3 is 59.1 Å². The predicted molar refractivity (Wildman–Crippen MR) is 104 cm³/mol. The van der Waals surface area contributed by atoms with E-state index < -0.39 is 20.8 Å². The van der Waals surface area contributed by atoms with Gasteiger partial charge in [0.05, 0.1) is 6.26 Å². The fourth-order valence-electron chi connectivity index (χ4n) is 2.71. The third kappa shape index (κ3) is 21.4. The average molecular weight is 472 g/mol. The molecule has 0 aromatic heterocycles. The van der Waals surface area contributed by atoms with Gasteiger partial charge in [-0.25, -0.2) is 0 Å². The average Bonchev–Trinajstić information content (AvgIpc) is 2.60. The van der Waals surface area contributed by atoms with Crippen molar-refractivity contribution in [1.29, 1.82) is 0 Å².